The second kappa shape index (κ2) is 10.8. The van der Waals surface area contributed by atoms with Gasteiger partial charge >= 0.3 is 5.97 Å². The van der Waals surface area contributed by atoms with Gasteiger partial charge in [0, 0.05) is 4.88 Å². The first-order chi connectivity index (χ1) is 15.4. The zero-order valence-electron chi connectivity index (χ0n) is 18.0. The van der Waals surface area contributed by atoms with Gasteiger partial charge in [0.05, 0.1) is 30.0 Å². The Balaban J connectivity index is 1.94. The van der Waals surface area contributed by atoms with Crippen LogP contribution in [0.15, 0.2) is 17.7 Å². The number of methoxy groups -OCH3 is 2. The van der Waals surface area contributed by atoms with Crippen molar-refractivity contribution in [2.45, 2.75) is 32.6 Å². The normalized spacial score (nSPS) is 13.0. The predicted molar refractivity (Wildman–Crippen MR) is 131 cm³/mol. The average molecular weight is 566 g/mol. The number of nitrogens with one attached hydrogen (secondary N) is 1. The Morgan fingerprint density at radius 3 is 2.66 bits per heavy atom. The lowest BCUT2D eigenvalue weighted by Gasteiger charge is -2.12. The lowest BCUT2D eigenvalue weighted by molar-refractivity contribution is -0.112. The zero-order chi connectivity index (χ0) is 23.3. The van der Waals surface area contributed by atoms with Crippen molar-refractivity contribution in [1.29, 1.82) is 5.26 Å². The van der Waals surface area contributed by atoms with E-state index in [0.29, 0.717) is 27.6 Å². The summed E-state index contributed by atoms with van der Waals surface area (Å²) in [4.78, 5) is 26.6. The predicted octanol–water partition coefficient (Wildman–Crippen LogP) is 4.97. The number of hydrogen-bond donors (Lipinski definition) is 1. The molecule has 0 spiro atoms. The van der Waals surface area contributed by atoms with E-state index in [2.05, 4.69) is 27.9 Å². The van der Waals surface area contributed by atoms with Crippen LogP contribution in [0.1, 0.15) is 46.1 Å². The van der Waals surface area contributed by atoms with Crippen LogP contribution in [0, 0.1) is 14.9 Å². The number of carbonyl (C=O) groups excluding carboxylic acids is 2. The number of thiophene rings is 1. The van der Waals surface area contributed by atoms with Gasteiger partial charge in [-0.1, -0.05) is 0 Å². The third-order valence-electron chi connectivity index (χ3n) is 5.01. The van der Waals surface area contributed by atoms with Gasteiger partial charge in [0.1, 0.15) is 16.6 Å². The van der Waals surface area contributed by atoms with Crippen molar-refractivity contribution in [3.8, 4) is 17.6 Å². The maximum Gasteiger partial charge on any atom is 0.341 e. The number of carbonyl (C=O) groups is 2. The second-order valence-electron chi connectivity index (χ2n) is 7.00. The Bertz CT molecular complexity index is 1120. The number of halogens is 1. The summed E-state index contributed by atoms with van der Waals surface area (Å²) in [7, 11) is 3.07. The number of nitriles is 1. The number of hydrogen-bond acceptors (Lipinski definition) is 7. The van der Waals surface area contributed by atoms with Crippen molar-refractivity contribution in [2.24, 2.45) is 0 Å². The smallest absolute Gasteiger partial charge is 0.341 e. The molecular formula is C23H23IN2O5S. The highest BCUT2D eigenvalue weighted by molar-refractivity contribution is 14.1. The van der Waals surface area contributed by atoms with Gasteiger partial charge in [-0.2, -0.15) is 5.26 Å². The van der Waals surface area contributed by atoms with Gasteiger partial charge < -0.3 is 19.5 Å². The van der Waals surface area contributed by atoms with Crippen LogP contribution in [0.25, 0.3) is 6.08 Å². The number of rotatable bonds is 7. The summed E-state index contributed by atoms with van der Waals surface area (Å²) >= 11 is 3.49. The standard InChI is InChI=1S/C23H23IN2O5S/c1-4-31-23(28)19-15-7-5-6-8-18(15)32-22(19)26-21(27)14(12-25)9-13-10-16(24)20(30-3)17(11-13)29-2/h9-11H,4-8H2,1-3H3,(H,26,27)/b14-9+. The molecule has 32 heavy (non-hydrogen) atoms. The lowest BCUT2D eigenvalue weighted by atomic mass is 9.95. The molecule has 1 aromatic carbocycles. The molecule has 1 aliphatic rings. The van der Waals surface area contributed by atoms with E-state index in [1.165, 1.54) is 24.5 Å². The van der Waals surface area contributed by atoms with Crippen LogP contribution >= 0.6 is 33.9 Å². The highest BCUT2D eigenvalue weighted by Crippen LogP contribution is 2.39. The molecule has 9 heteroatoms. The summed E-state index contributed by atoms with van der Waals surface area (Å²) < 4.78 is 16.7. The topological polar surface area (TPSA) is 97.7 Å². The van der Waals surface area contributed by atoms with Crippen molar-refractivity contribution in [3.05, 3.63) is 42.8 Å². The van der Waals surface area contributed by atoms with Gasteiger partial charge in [0.15, 0.2) is 11.5 Å². The Labute approximate surface area is 204 Å². The average Bonchev–Trinajstić information content (AvgIpc) is 3.14. The monoisotopic (exact) mass is 566 g/mol. The molecule has 1 aromatic heterocycles. The fourth-order valence-electron chi connectivity index (χ4n) is 3.58. The number of amides is 1. The number of ether oxygens (including phenoxy) is 3. The Hall–Kier alpha value is -2.58. The van der Waals surface area contributed by atoms with Gasteiger partial charge in [-0.05, 0) is 84.5 Å². The molecular weight excluding hydrogens is 543 g/mol. The van der Waals surface area contributed by atoms with Crippen LogP contribution in [0.3, 0.4) is 0 Å². The van der Waals surface area contributed by atoms with Crippen molar-refractivity contribution in [2.75, 3.05) is 26.1 Å². The second-order valence-corrected chi connectivity index (χ2v) is 9.27. The Kier molecular flexibility index (Phi) is 8.15. The van der Waals surface area contributed by atoms with Gasteiger partial charge in [0.2, 0.25) is 0 Å². The maximum atomic E-state index is 13.0. The zero-order valence-corrected chi connectivity index (χ0v) is 21.0. The van der Waals surface area contributed by atoms with Crippen LogP contribution < -0.4 is 14.8 Å². The highest BCUT2D eigenvalue weighted by atomic mass is 127. The van der Waals surface area contributed by atoms with E-state index in [-0.39, 0.29) is 12.2 Å². The largest absolute Gasteiger partial charge is 0.493 e. The van der Waals surface area contributed by atoms with Crippen LogP contribution in [0.2, 0.25) is 0 Å². The van der Waals surface area contributed by atoms with Crippen LogP contribution in [-0.2, 0) is 22.4 Å². The number of nitrogens with zero attached hydrogens (tertiary/aromatic N) is 1. The van der Waals surface area contributed by atoms with E-state index < -0.39 is 11.9 Å². The van der Waals surface area contributed by atoms with Gasteiger partial charge in [0.25, 0.3) is 5.91 Å². The minimum Gasteiger partial charge on any atom is -0.493 e. The molecule has 2 aromatic rings. The number of fused-ring (bicyclic) bond motifs is 1. The fourth-order valence-corrected chi connectivity index (χ4v) is 5.70. The number of anilines is 1. The molecule has 0 aliphatic heterocycles. The first kappa shape index (κ1) is 24.1. The minimum absolute atomic E-state index is 0.0887. The van der Waals surface area contributed by atoms with Crippen molar-refractivity contribution >= 4 is 56.9 Å². The summed E-state index contributed by atoms with van der Waals surface area (Å²) in [5.74, 6) is 0.0518. The summed E-state index contributed by atoms with van der Waals surface area (Å²) in [6.45, 7) is 1.99. The first-order valence-corrected chi connectivity index (χ1v) is 12.0. The summed E-state index contributed by atoms with van der Waals surface area (Å²) in [5, 5.41) is 12.8. The molecule has 0 saturated carbocycles. The molecule has 1 heterocycles. The first-order valence-electron chi connectivity index (χ1n) is 10.1. The molecule has 1 amide bonds. The molecule has 0 unspecified atom stereocenters. The third kappa shape index (κ3) is 5.07. The molecule has 1 N–H and O–H groups in total. The molecule has 0 bridgehead atoms. The molecule has 0 radical (unpaired) electrons. The van der Waals surface area contributed by atoms with Crippen molar-refractivity contribution in [1.82, 2.24) is 0 Å². The lowest BCUT2D eigenvalue weighted by Crippen LogP contribution is -2.16. The third-order valence-corrected chi connectivity index (χ3v) is 7.02. The molecule has 0 atom stereocenters. The van der Waals surface area contributed by atoms with E-state index >= 15 is 0 Å². The van der Waals surface area contributed by atoms with Crippen molar-refractivity contribution < 1.29 is 23.8 Å². The van der Waals surface area contributed by atoms with Crippen LogP contribution in [0.5, 0.6) is 11.5 Å². The van der Waals surface area contributed by atoms with Crippen LogP contribution in [-0.4, -0.2) is 32.7 Å². The maximum absolute atomic E-state index is 13.0. The van der Waals surface area contributed by atoms with Crippen molar-refractivity contribution in [3.63, 3.8) is 0 Å². The Morgan fingerprint density at radius 2 is 2.00 bits per heavy atom. The van der Waals surface area contributed by atoms with Gasteiger partial charge in [-0.15, -0.1) is 11.3 Å². The summed E-state index contributed by atoms with van der Waals surface area (Å²) in [5.41, 5.74) is 1.90. The summed E-state index contributed by atoms with van der Waals surface area (Å²) in [6, 6.07) is 5.44. The molecule has 0 fully saturated rings. The minimum atomic E-state index is -0.582. The molecule has 3 rings (SSSR count). The SMILES string of the molecule is CCOC(=O)c1c(NC(=O)/C(C#N)=C/c2cc(I)c(OC)c(OC)c2)sc2c1CCCC2. The number of esters is 1. The molecule has 0 saturated heterocycles. The quantitative estimate of drug-likeness (QED) is 0.220. The number of benzene rings is 1. The van der Waals surface area contributed by atoms with E-state index in [4.69, 9.17) is 14.2 Å². The highest BCUT2D eigenvalue weighted by Gasteiger charge is 2.27. The van der Waals surface area contributed by atoms with E-state index in [1.54, 1.807) is 26.2 Å². The van der Waals surface area contributed by atoms with E-state index in [9.17, 15) is 14.9 Å². The van der Waals surface area contributed by atoms with Gasteiger partial charge in [-0.3, -0.25) is 4.79 Å². The van der Waals surface area contributed by atoms with E-state index in [0.717, 1.165) is 39.7 Å². The Morgan fingerprint density at radius 1 is 1.25 bits per heavy atom. The number of aryl methyl sites for hydroxylation is 1. The molecule has 7 nitrogen and oxygen atoms in total. The van der Waals surface area contributed by atoms with E-state index in [1.807, 2.05) is 6.07 Å². The van der Waals surface area contributed by atoms with Gasteiger partial charge in [-0.25, -0.2) is 4.79 Å². The molecule has 1 aliphatic carbocycles. The molecule has 168 valence electrons. The van der Waals surface area contributed by atoms with Crippen LogP contribution in [0.4, 0.5) is 5.00 Å². The summed E-state index contributed by atoms with van der Waals surface area (Å²) in [6.07, 6.45) is 5.17. The fraction of sp³-hybridized carbons (Fsp3) is 0.348.